The molecule has 0 radical (unpaired) electrons. The van der Waals surface area contributed by atoms with Crippen LogP contribution in [0, 0.1) is 0 Å². The molecule has 0 saturated carbocycles. The van der Waals surface area contributed by atoms with Crippen LogP contribution in [-0.4, -0.2) is 67.1 Å². The van der Waals surface area contributed by atoms with Gasteiger partial charge in [0.25, 0.3) is 0 Å². The molecule has 3 rings (SSSR count). The minimum atomic E-state index is -3.51. The molecule has 0 unspecified atom stereocenters. The third kappa shape index (κ3) is 9.92. The molecule has 1 fully saturated rings. The van der Waals surface area contributed by atoms with Gasteiger partial charge in [0, 0.05) is 18.8 Å². The van der Waals surface area contributed by atoms with Gasteiger partial charge in [0.2, 0.25) is 0 Å². The highest BCUT2D eigenvalue weighted by molar-refractivity contribution is 7.86. The van der Waals surface area contributed by atoms with Gasteiger partial charge in [-0.05, 0) is 35.4 Å². The molecule has 0 aliphatic carbocycles. The van der Waals surface area contributed by atoms with Crippen LogP contribution in [-0.2, 0) is 46.8 Å². The number of ether oxygens (including phenoxy) is 3. The van der Waals surface area contributed by atoms with E-state index < -0.39 is 10.1 Å². The smallest absolute Gasteiger partial charge is 0.309 e. The molecular formula is C23H29NO8S. The Kier molecular flexibility index (Phi) is 10.1. The summed E-state index contributed by atoms with van der Waals surface area (Å²) in [4.78, 5) is 24.3. The summed E-state index contributed by atoms with van der Waals surface area (Å²) < 4.78 is 40.7. The largest absolute Gasteiger partial charge is 0.469 e. The van der Waals surface area contributed by atoms with Gasteiger partial charge in [-0.2, -0.15) is 8.42 Å². The average Bonchev–Trinajstić information content (AvgIpc) is 2.81. The van der Waals surface area contributed by atoms with Crippen molar-refractivity contribution < 1.29 is 36.4 Å². The summed E-state index contributed by atoms with van der Waals surface area (Å²) in [5, 5.41) is 0. The van der Waals surface area contributed by atoms with Crippen LogP contribution in [0.4, 0.5) is 5.69 Å². The maximum atomic E-state index is 11.1. The Morgan fingerprint density at radius 3 is 1.73 bits per heavy atom. The monoisotopic (exact) mass is 479 g/mol. The average molecular weight is 480 g/mol. The lowest BCUT2D eigenvalue weighted by Gasteiger charge is -2.28. The third-order valence-corrected chi connectivity index (χ3v) is 5.13. The number of anilines is 1. The number of benzene rings is 2. The van der Waals surface area contributed by atoms with Crippen LogP contribution in [0.3, 0.4) is 0 Å². The number of esters is 2. The molecule has 0 bridgehead atoms. The summed E-state index contributed by atoms with van der Waals surface area (Å²) in [7, 11) is -0.793. The summed E-state index contributed by atoms with van der Waals surface area (Å²) in [6.45, 7) is 3.42. The lowest BCUT2D eigenvalue weighted by atomic mass is 10.1. The van der Waals surface area contributed by atoms with Gasteiger partial charge in [-0.1, -0.05) is 24.3 Å². The van der Waals surface area contributed by atoms with Crippen LogP contribution < -0.4 is 9.08 Å². The second-order valence-electron chi connectivity index (χ2n) is 7.20. The summed E-state index contributed by atoms with van der Waals surface area (Å²) in [6.07, 6.45) is 1.45. The first-order valence-corrected chi connectivity index (χ1v) is 12.1. The maximum Gasteiger partial charge on any atom is 0.309 e. The molecule has 0 N–H and O–H groups in total. The predicted molar refractivity (Wildman–Crippen MR) is 123 cm³/mol. The standard InChI is InChI=1S/C13H17NO3.C10H12O5S/c1-16-13(15)10-11-2-4-12(5-3-11)14-6-8-17-9-7-14;1-14-10(11)7-8-3-5-9(6-4-8)15-16(2,12)13/h2-5H,6-10H2,1H3;3-6H,7H2,1-2H3. The summed E-state index contributed by atoms with van der Waals surface area (Å²) in [5.41, 5.74) is 2.89. The zero-order chi connectivity index (χ0) is 24.3. The molecule has 2 aromatic rings. The Morgan fingerprint density at radius 2 is 1.30 bits per heavy atom. The number of hydrogen-bond acceptors (Lipinski definition) is 9. The van der Waals surface area contributed by atoms with Gasteiger partial charge in [0.1, 0.15) is 5.75 Å². The fourth-order valence-electron chi connectivity index (χ4n) is 2.96. The number of methoxy groups -OCH3 is 2. The lowest BCUT2D eigenvalue weighted by Crippen LogP contribution is -2.36. The van der Waals surface area contributed by atoms with Crippen LogP contribution in [0.15, 0.2) is 48.5 Å². The van der Waals surface area contributed by atoms with E-state index in [4.69, 9.17) is 4.74 Å². The SMILES string of the molecule is COC(=O)Cc1ccc(N2CCOCC2)cc1.COC(=O)Cc1ccc(OS(C)(=O)=O)cc1. The molecule has 0 atom stereocenters. The third-order valence-electron chi connectivity index (χ3n) is 4.64. The predicted octanol–water partition coefficient (Wildman–Crippen LogP) is 1.98. The molecule has 10 heteroatoms. The highest BCUT2D eigenvalue weighted by Crippen LogP contribution is 2.17. The van der Waals surface area contributed by atoms with Gasteiger partial charge in [-0.15, -0.1) is 0 Å². The van der Waals surface area contributed by atoms with Gasteiger partial charge in [-0.3, -0.25) is 9.59 Å². The van der Waals surface area contributed by atoms with Gasteiger partial charge < -0.3 is 23.3 Å². The van der Waals surface area contributed by atoms with Crippen molar-refractivity contribution in [1.82, 2.24) is 0 Å². The number of carbonyl (C=O) groups is 2. The van der Waals surface area contributed by atoms with E-state index >= 15 is 0 Å². The number of rotatable bonds is 7. The molecule has 0 amide bonds. The van der Waals surface area contributed by atoms with Gasteiger partial charge >= 0.3 is 22.1 Å². The Labute approximate surface area is 194 Å². The van der Waals surface area contributed by atoms with E-state index in [1.165, 1.54) is 32.0 Å². The zero-order valence-corrected chi connectivity index (χ0v) is 19.8. The number of morpholine rings is 1. The van der Waals surface area contributed by atoms with E-state index in [-0.39, 0.29) is 24.1 Å². The molecule has 1 aliphatic rings. The second-order valence-corrected chi connectivity index (χ2v) is 8.78. The van der Waals surface area contributed by atoms with E-state index in [9.17, 15) is 18.0 Å². The Balaban J connectivity index is 0.000000234. The molecule has 0 spiro atoms. The van der Waals surface area contributed by atoms with Crippen molar-refractivity contribution in [3.05, 3.63) is 59.7 Å². The summed E-state index contributed by atoms with van der Waals surface area (Å²) in [6, 6.07) is 14.2. The first-order valence-electron chi connectivity index (χ1n) is 10.2. The molecule has 1 heterocycles. The van der Waals surface area contributed by atoms with Crippen LogP contribution in [0.2, 0.25) is 0 Å². The number of hydrogen-bond donors (Lipinski definition) is 0. The molecule has 0 aromatic heterocycles. The highest BCUT2D eigenvalue weighted by atomic mass is 32.2. The van der Waals surface area contributed by atoms with Crippen LogP contribution >= 0.6 is 0 Å². The number of carbonyl (C=O) groups excluding carboxylic acids is 2. The Bertz CT molecular complexity index is 998. The first kappa shape index (κ1) is 26.1. The highest BCUT2D eigenvalue weighted by Gasteiger charge is 2.11. The topological polar surface area (TPSA) is 108 Å². The lowest BCUT2D eigenvalue weighted by molar-refractivity contribution is -0.140. The normalized spacial score (nSPS) is 13.4. The van der Waals surface area contributed by atoms with Crippen molar-refractivity contribution in [2.45, 2.75) is 12.8 Å². The number of nitrogens with zero attached hydrogens (tertiary/aromatic N) is 1. The van der Waals surface area contributed by atoms with Gasteiger partial charge in [0.05, 0.1) is 46.5 Å². The Morgan fingerprint density at radius 1 is 0.848 bits per heavy atom. The first-order chi connectivity index (χ1) is 15.7. The van der Waals surface area contributed by atoms with E-state index in [2.05, 4.69) is 18.6 Å². The van der Waals surface area contributed by atoms with Crippen molar-refractivity contribution in [3.8, 4) is 5.75 Å². The molecule has 180 valence electrons. The summed E-state index contributed by atoms with van der Waals surface area (Å²) >= 11 is 0. The molecule has 2 aromatic carbocycles. The van der Waals surface area contributed by atoms with Crippen molar-refractivity contribution in [2.24, 2.45) is 0 Å². The molecule has 1 aliphatic heterocycles. The van der Waals surface area contributed by atoms with Crippen LogP contribution in [0.5, 0.6) is 5.75 Å². The van der Waals surface area contributed by atoms with Gasteiger partial charge in [0.15, 0.2) is 0 Å². The van der Waals surface area contributed by atoms with Crippen molar-refractivity contribution in [2.75, 3.05) is 51.7 Å². The Hall–Kier alpha value is -3.11. The zero-order valence-electron chi connectivity index (χ0n) is 19.0. The maximum absolute atomic E-state index is 11.1. The van der Waals surface area contributed by atoms with Crippen molar-refractivity contribution >= 4 is 27.7 Å². The van der Waals surface area contributed by atoms with Crippen LogP contribution in [0.1, 0.15) is 11.1 Å². The van der Waals surface area contributed by atoms with Crippen molar-refractivity contribution in [1.29, 1.82) is 0 Å². The van der Waals surface area contributed by atoms with E-state index in [0.717, 1.165) is 43.7 Å². The van der Waals surface area contributed by atoms with E-state index in [0.29, 0.717) is 6.42 Å². The molecular weight excluding hydrogens is 450 g/mol. The van der Waals surface area contributed by atoms with Crippen LogP contribution in [0.25, 0.3) is 0 Å². The summed E-state index contributed by atoms with van der Waals surface area (Å²) in [5.74, 6) is -0.336. The van der Waals surface area contributed by atoms with Gasteiger partial charge in [-0.25, -0.2) is 0 Å². The minimum Gasteiger partial charge on any atom is -0.469 e. The molecule has 9 nitrogen and oxygen atoms in total. The van der Waals surface area contributed by atoms with Crippen molar-refractivity contribution in [3.63, 3.8) is 0 Å². The quantitative estimate of drug-likeness (QED) is 0.435. The van der Waals surface area contributed by atoms with E-state index in [1.54, 1.807) is 12.1 Å². The van der Waals surface area contributed by atoms with E-state index in [1.807, 2.05) is 24.3 Å². The molecule has 1 saturated heterocycles. The fraction of sp³-hybridized carbons (Fsp3) is 0.391. The fourth-order valence-corrected chi connectivity index (χ4v) is 3.42. The minimum absolute atomic E-state index is 0.148. The molecule has 33 heavy (non-hydrogen) atoms. The second kappa shape index (κ2) is 12.8.